The lowest BCUT2D eigenvalue weighted by Gasteiger charge is -2.12. The van der Waals surface area contributed by atoms with Crippen molar-refractivity contribution < 1.29 is 19.1 Å². The van der Waals surface area contributed by atoms with E-state index in [9.17, 15) is 4.79 Å². The Hall–Kier alpha value is -3.80. The van der Waals surface area contributed by atoms with Gasteiger partial charge in [0.25, 0.3) is 5.91 Å². The number of rotatable bonds is 10. The molecule has 1 amide bonds. The lowest BCUT2D eigenvalue weighted by molar-refractivity contribution is -0.120. The third-order valence-electron chi connectivity index (χ3n) is 4.03. The van der Waals surface area contributed by atoms with Gasteiger partial charge in [0.1, 0.15) is 6.61 Å². The molecule has 6 heteroatoms. The summed E-state index contributed by atoms with van der Waals surface area (Å²) in [4.78, 5) is 16.9. The van der Waals surface area contributed by atoms with Crippen molar-refractivity contribution in [3.8, 4) is 11.5 Å². The minimum Gasteiger partial charge on any atom is -0.490 e. The maximum atomic E-state index is 11.9. The monoisotopic (exact) mass is 404 g/mol. The molecule has 0 aromatic heterocycles. The largest absolute Gasteiger partial charge is 0.490 e. The maximum absolute atomic E-state index is 11.9. The molecule has 0 fully saturated rings. The van der Waals surface area contributed by atoms with Crippen molar-refractivity contribution in [2.75, 3.05) is 18.5 Å². The van der Waals surface area contributed by atoms with Crippen LogP contribution in [0.5, 0.6) is 11.5 Å². The standard InChI is InChI=1S/C24H24N2O4/c1-2-28-23-15-20(13-14-22(23)29-17-19-9-5-3-6-10-19)16-25-30-18-24(27)26-21-11-7-4-8-12-21/h3-16H,2,17-18H2,1H3,(H,26,27). The average Bonchev–Trinajstić information content (AvgIpc) is 2.78. The molecule has 154 valence electrons. The van der Waals surface area contributed by atoms with Crippen molar-refractivity contribution in [1.29, 1.82) is 0 Å². The number of anilines is 1. The Morgan fingerprint density at radius 3 is 2.40 bits per heavy atom. The molecule has 0 aliphatic heterocycles. The molecule has 0 unspecified atom stereocenters. The van der Waals surface area contributed by atoms with Crippen LogP contribution >= 0.6 is 0 Å². The summed E-state index contributed by atoms with van der Waals surface area (Å²) in [5.41, 5.74) is 2.56. The highest BCUT2D eigenvalue weighted by Crippen LogP contribution is 2.29. The summed E-state index contributed by atoms with van der Waals surface area (Å²) in [5.74, 6) is 0.998. The normalized spacial score (nSPS) is 10.6. The minimum absolute atomic E-state index is 0.179. The number of oxime groups is 1. The Morgan fingerprint density at radius 2 is 1.67 bits per heavy atom. The third kappa shape index (κ3) is 6.67. The van der Waals surface area contributed by atoms with E-state index in [-0.39, 0.29) is 12.5 Å². The number of amides is 1. The molecule has 3 aromatic carbocycles. The third-order valence-corrected chi connectivity index (χ3v) is 4.03. The Labute approximate surface area is 176 Å². The van der Waals surface area contributed by atoms with Gasteiger partial charge in [-0.2, -0.15) is 0 Å². The highest BCUT2D eigenvalue weighted by molar-refractivity contribution is 5.91. The van der Waals surface area contributed by atoms with Crippen molar-refractivity contribution in [3.05, 3.63) is 90.0 Å². The fourth-order valence-electron chi connectivity index (χ4n) is 2.64. The van der Waals surface area contributed by atoms with Crippen LogP contribution < -0.4 is 14.8 Å². The molecular formula is C24H24N2O4. The fraction of sp³-hybridized carbons (Fsp3) is 0.167. The number of hydrogen-bond acceptors (Lipinski definition) is 5. The van der Waals surface area contributed by atoms with E-state index in [0.29, 0.717) is 30.4 Å². The van der Waals surface area contributed by atoms with E-state index in [1.54, 1.807) is 12.1 Å². The first-order valence-electron chi connectivity index (χ1n) is 9.68. The number of carbonyl (C=O) groups is 1. The molecule has 0 spiro atoms. The SMILES string of the molecule is CCOc1cc(C=NOCC(=O)Nc2ccccc2)ccc1OCc1ccccc1. The number of benzene rings is 3. The minimum atomic E-state index is -0.280. The number of hydrogen-bond donors (Lipinski definition) is 1. The highest BCUT2D eigenvalue weighted by Gasteiger charge is 2.07. The second-order valence-electron chi connectivity index (χ2n) is 6.34. The summed E-state index contributed by atoms with van der Waals surface area (Å²) in [5, 5.41) is 6.59. The van der Waals surface area contributed by atoms with Gasteiger partial charge in [-0.15, -0.1) is 0 Å². The average molecular weight is 404 g/mol. The Balaban J connectivity index is 1.53. The van der Waals surface area contributed by atoms with Gasteiger partial charge in [-0.3, -0.25) is 4.79 Å². The van der Waals surface area contributed by atoms with E-state index >= 15 is 0 Å². The topological polar surface area (TPSA) is 69.2 Å². The predicted octanol–water partition coefficient (Wildman–Crippen LogP) is 4.65. The summed E-state index contributed by atoms with van der Waals surface area (Å²) < 4.78 is 11.6. The van der Waals surface area contributed by atoms with Gasteiger partial charge in [0, 0.05) is 11.3 Å². The van der Waals surface area contributed by atoms with Crippen LogP contribution in [0.15, 0.2) is 84.0 Å². The molecule has 0 heterocycles. The second kappa shape index (κ2) is 11.3. The zero-order chi connectivity index (χ0) is 21.0. The first-order chi connectivity index (χ1) is 14.7. The lowest BCUT2D eigenvalue weighted by Crippen LogP contribution is -2.16. The number of nitrogens with one attached hydrogen (secondary N) is 1. The van der Waals surface area contributed by atoms with E-state index < -0.39 is 0 Å². The molecule has 30 heavy (non-hydrogen) atoms. The van der Waals surface area contributed by atoms with Crippen LogP contribution in [0.3, 0.4) is 0 Å². The molecule has 3 aromatic rings. The molecule has 0 bridgehead atoms. The Kier molecular flexibility index (Phi) is 7.85. The predicted molar refractivity (Wildman–Crippen MR) is 117 cm³/mol. The summed E-state index contributed by atoms with van der Waals surface area (Å²) in [6.45, 7) is 2.70. The van der Waals surface area contributed by atoms with Crippen LogP contribution in [0.1, 0.15) is 18.1 Å². The number of carbonyl (C=O) groups excluding carboxylic acids is 1. The van der Waals surface area contributed by atoms with Crippen LogP contribution in [0.2, 0.25) is 0 Å². The van der Waals surface area contributed by atoms with E-state index in [1.165, 1.54) is 6.21 Å². The van der Waals surface area contributed by atoms with Gasteiger partial charge in [0.15, 0.2) is 18.1 Å². The quantitative estimate of drug-likeness (QED) is 0.394. The van der Waals surface area contributed by atoms with Gasteiger partial charge in [0.2, 0.25) is 0 Å². The highest BCUT2D eigenvalue weighted by atomic mass is 16.6. The molecule has 0 aliphatic rings. The zero-order valence-electron chi connectivity index (χ0n) is 16.8. The summed E-state index contributed by atoms with van der Waals surface area (Å²) >= 11 is 0. The van der Waals surface area contributed by atoms with E-state index in [1.807, 2.05) is 73.7 Å². The van der Waals surface area contributed by atoms with E-state index in [2.05, 4.69) is 10.5 Å². The summed E-state index contributed by atoms with van der Waals surface area (Å²) in [6, 6.07) is 24.6. The summed E-state index contributed by atoms with van der Waals surface area (Å²) in [6.07, 6.45) is 1.53. The van der Waals surface area contributed by atoms with Crippen LogP contribution in [0, 0.1) is 0 Å². The molecule has 1 N–H and O–H groups in total. The van der Waals surface area contributed by atoms with Gasteiger partial charge in [0.05, 0.1) is 12.8 Å². The van der Waals surface area contributed by atoms with Crippen molar-refractivity contribution in [1.82, 2.24) is 0 Å². The zero-order valence-corrected chi connectivity index (χ0v) is 16.8. The van der Waals surface area contributed by atoms with Crippen LogP contribution in [-0.4, -0.2) is 25.3 Å². The Morgan fingerprint density at radius 1 is 0.933 bits per heavy atom. The lowest BCUT2D eigenvalue weighted by atomic mass is 10.2. The summed E-state index contributed by atoms with van der Waals surface area (Å²) in [7, 11) is 0. The second-order valence-corrected chi connectivity index (χ2v) is 6.34. The number of para-hydroxylation sites is 1. The number of nitrogens with zero attached hydrogens (tertiary/aromatic N) is 1. The first-order valence-corrected chi connectivity index (χ1v) is 9.68. The van der Waals surface area contributed by atoms with Gasteiger partial charge in [-0.1, -0.05) is 53.7 Å². The van der Waals surface area contributed by atoms with E-state index in [4.69, 9.17) is 14.3 Å². The maximum Gasteiger partial charge on any atom is 0.265 e. The van der Waals surface area contributed by atoms with Gasteiger partial charge in [-0.05, 0) is 42.8 Å². The smallest absolute Gasteiger partial charge is 0.265 e. The van der Waals surface area contributed by atoms with Crippen molar-refractivity contribution in [2.45, 2.75) is 13.5 Å². The fourth-order valence-corrected chi connectivity index (χ4v) is 2.64. The van der Waals surface area contributed by atoms with E-state index in [0.717, 1.165) is 11.1 Å². The van der Waals surface area contributed by atoms with Gasteiger partial charge < -0.3 is 19.6 Å². The van der Waals surface area contributed by atoms with Gasteiger partial charge >= 0.3 is 0 Å². The van der Waals surface area contributed by atoms with Crippen molar-refractivity contribution >= 4 is 17.8 Å². The first kappa shape index (κ1) is 20.9. The molecule has 0 atom stereocenters. The Bertz CT molecular complexity index is 959. The molecule has 0 radical (unpaired) electrons. The molecule has 0 saturated carbocycles. The molecule has 0 saturated heterocycles. The molecule has 6 nitrogen and oxygen atoms in total. The molecule has 0 aliphatic carbocycles. The molecular weight excluding hydrogens is 380 g/mol. The van der Waals surface area contributed by atoms with Crippen LogP contribution in [-0.2, 0) is 16.2 Å². The number of ether oxygens (including phenoxy) is 2. The van der Waals surface area contributed by atoms with Crippen LogP contribution in [0.25, 0.3) is 0 Å². The van der Waals surface area contributed by atoms with Crippen molar-refractivity contribution in [3.63, 3.8) is 0 Å². The van der Waals surface area contributed by atoms with Crippen molar-refractivity contribution in [2.24, 2.45) is 5.16 Å². The van der Waals surface area contributed by atoms with Gasteiger partial charge in [-0.25, -0.2) is 0 Å². The molecule has 3 rings (SSSR count). The van der Waals surface area contributed by atoms with Crippen LogP contribution in [0.4, 0.5) is 5.69 Å².